The van der Waals surface area contributed by atoms with E-state index in [9.17, 15) is 0 Å². The van der Waals surface area contributed by atoms with Crippen LogP contribution in [-0.2, 0) is 10.8 Å². The number of hydrogen-bond donors (Lipinski definition) is 0. The zero-order valence-corrected chi connectivity index (χ0v) is 25.7. The van der Waals surface area contributed by atoms with Gasteiger partial charge in [-0.3, -0.25) is 0 Å². The highest BCUT2D eigenvalue weighted by Crippen LogP contribution is 2.39. The molecule has 0 N–H and O–H groups in total. The van der Waals surface area contributed by atoms with E-state index in [0.29, 0.717) is 0 Å². The van der Waals surface area contributed by atoms with Crippen molar-refractivity contribution in [3.05, 3.63) is 95.1 Å². The quantitative estimate of drug-likeness (QED) is 0.189. The van der Waals surface area contributed by atoms with E-state index in [0.717, 1.165) is 76.8 Å². The lowest BCUT2D eigenvalue weighted by atomic mass is 9.83. The summed E-state index contributed by atoms with van der Waals surface area (Å²) in [6, 6.07) is 25.7. The van der Waals surface area contributed by atoms with Gasteiger partial charge in [0.2, 0.25) is 0 Å². The second kappa shape index (κ2) is 9.03. The van der Waals surface area contributed by atoms with Crippen molar-refractivity contribution in [1.82, 2.24) is 19.9 Å². The van der Waals surface area contributed by atoms with Gasteiger partial charge in [-0.05, 0) is 95.5 Å². The molecule has 0 amide bonds. The van der Waals surface area contributed by atoms with Gasteiger partial charge in [0.15, 0.2) is 0 Å². The Hall–Kier alpha value is -4.44. The van der Waals surface area contributed by atoms with Gasteiger partial charge in [0.25, 0.3) is 0 Å². The van der Waals surface area contributed by atoms with Crippen LogP contribution in [0, 0.1) is 13.8 Å². The summed E-state index contributed by atoms with van der Waals surface area (Å²) in [5.74, 6) is 0. The van der Waals surface area contributed by atoms with Crippen molar-refractivity contribution in [3.8, 4) is 0 Å². The van der Waals surface area contributed by atoms with Crippen LogP contribution in [0.2, 0.25) is 0 Å². The van der Waals surface area contributed by atoms with Gasteiger partial charge in [0.1, 0.15) is 0 Å². The van der Waals surface area contributed by atoms with Crippen molar-refractivity contribution in [1.29, 1.82) is 0 Å². The van der Waals surface area contributed by atoms with Gasteiger partial charge in [0.05, 0.1) is 44.1 Å². The fourth-order valence-corrected chi connectivity index (χ4v) is 6.03. The molecule has 42 heavy (non-hydrogen) atoms. The third kappa shape index (κ3) is 4.12. The van der Waals surface area contributed by atoms with E-state index in [1.807, 2.05) is 24.3 Å². The van der Waals surface area contributed by atoms with Gasteiger partial charge in [-0.25, -0.2) is 19.9 Å². The maximum absolute atomic E-state index is 5.34. The van der Waals surface area contributed by atoms with Crippen molar-refractivity contribution in [2.24, 2.45) is 0 Å². The molecule has 5 aromatic carbocycles. The Balaban J connectivity index is 1.92. The Morgan fingerprint density at radius 1 is 0.405 bits per heavy atom. The highest BCUT2D eigenvalue weighted by molar-refractivity contribution is 6.14. The molecule has 0 radical (unpaired) electrons. The average Bonchev–Trinajstić information content (AvgIpc) is 2.94. The second-order valence-electron chi connectivity index (χ2n) is 13.7. The minimum atomic E-state index is -0.0835. The fraction of sp³-hybridized carbons (Fsp3) is 0.263. The monoisotopic (exact) mass is 548 g/mol. The Labute approximate surface area is 246 Å². The SMILES string of the molecule is Cc1c2cc(C(C)(C)C)cc1c1nc3ccccc3nc1c1cc(C(C)(C)C)cc(c1C)c1nc3ccccc3nc21. The van der Waals surface area contributed by atoms with Crippen molar-refractivity contribution >= 4 is 65.7 Å². The third-order valence-corrected chi connectivity index (χ3v) is 8.71. The van der Waals surface area contributed by atoms with E-state index < -0.39 is 0 Å². The lowest BCUT2D eigenvalue weighted by molar-refractivity contribution is 0.591. The van der Waals surface area contributed by atoms with E-state index in [1.54, 1.807) is 0 Å². The van der Waals surface area contributed by atoms with Crippen LogP contribution in [0.5, 0.6) is 0 Å². The third-order valence-electron chi connectivity index (χ3n) is 8.71. The van der Waals surface area contributed by atoms with Crippen LogP contribution >= 0.6 is 0 Å². The largest absolute Gasteiger partial charge is 0.244 e. The molecule has 4 bridgehead atoms. The molecule has 0 fully saturated rings. The van der Waals surface area contributed by atoms with Crippen LogP contribution in [0.4, 0.5) is 0 Å². The topological polar surface area (TPSA) is 51.6 Å². The van der Waals surface area contributed by atoms with Crippen LogP contribution in [0.15, 0.2) is 72.8 Å². The molecule has 208 valence electrons. The smallest absolute Gasteiger partial charge is 0.0976 e. The van der Waals surface area contributed by atoms with E-state index in [1.165, 1.54) is 11.1 Å². The number of aromatic nitrogens is 4. The Bertz CT molecular complexity index is 1980. The summed E-state index contributed by atoms with van der Waals surface area (Å²) in [5, 5.41) is 4.37. The molecule has 0 spiro atoms. The summed E-state index contributed by atoms with van der Waals surface area (Å²) in [6.45, 7) is 18.0. The number of nitrogens with zero attached hydrogens (tertiary/aromatic N) is 4. The normalized spacial score (nSPS) is 12.8. The van der Waals surface area contributed by atoms with Crippen molar-refractivity contribution in [2.75, 3.05) is 0 Å². The number of para-hydroxylation sites is 4. The standard InChI is InChI=1S/C38H36N4/c1-21-25-17-23(37(3,4)5)18-26(21)34-36(42-32-16-12-10-14-30(32)40-34)28-20-24(38(6,7)8)19-27(22(28)2)35-33(25)39-29-13-9-11-15-31(29)41-35/h9-20H,1-8H3. The van der Waals surface area contributed by atoms with Crippen LogP contribution in [0.3, 0.4) is 0 Å². The molecule has 0 unspecified atom stereocenters. The van der Waals surface area contributed by atoms with Gasteiger partial charge in [-0.1, -0.05) is 65.8 Å². The summed E-state index contributed by atoms with van der Waals surface area (Å²) < 4.78 is 0. The molecule has 0 atom stereocenters. The maximum Gasteiger partial charge on any atom is 0.0976 e. The molecular formula is C38H36N4. The molecule has 0 aliphatic carbocycles. The summed E-state index contributed by atoms with van der Waals surface area (Å²) in [6.07, 6.45) is 0. The molecule has 0 saturated heterocycles. The molecule has 2 heterocycles. The van der Waals surface area contributed by atoms with E-state index in [4.69, 9.17) is 19.9 Å². The second-order valence-corrected chi connectivity index (χ2v) is 13.7. The molecule has 4 heteroatoms. The zero-order chi connectivity index (χ0) is 29.6. The van der Waals surface area contributed by atoms with Gasteiger partial charge in [-0.2, -0.15) is 0 Å². The molecule has 2 aromatic heterocycles. The summed E-state index contributed by atoms with van der Waals surface area (Å²) >= 11 is 0. The van der Waals surface area contributed by atoms with E-state index in [-0.39, 0.29) is 10.8 Å². The van der Waals surface area contributed by atoms with Gasteiger partial charge in [-0.15, -0.1) is 0 Å². The lowest BCUT2D eigenvalue weighted by Crippen LogP contribution is -2.12. The zero-order valence-electron chi connectivity index (χ0n) is 25.7. The Kier molecular flexibility index (Phi) is 5.69. The van der Waals surface area contributed by atoms with Crippen molar-refractivity contribution in [2.45, 2.75) is 66.2 Å². The molecule has 7 aromatic rings. The number of fused-ring (bicyclic) bond motifs is 12. The molecule has 0 aliphatic rings. The van der Waals surface area contributed by atoms with Crippen LogP contribution in [0.1, 0.15) is 63.8 Å². The van der Waals surface area contributed by atoms with Crippen LogP contribution < -0.4 is 0 Å². The first-order valence-electron chi connectivity index (χ1n) is 14.8. The average molecular weight is 549 g/mol. The summed E-state index contributed by atoms with van der Waals surface area (Å²) in [5.41, 5.74) is 11.8. The first-order chi connectivity index (χ1) is 19.9. The van der Waals surface area contributed by atoms with Crippen LogP contribution in [0.25, 0.3) is 65.7 Å². The molecular weight excluding hydrogens is 512 g/mol. The van der Waals surface area contributed by atoms with Crippen molar-refractivity contribution in [3.63, 3.8) is 0 Å². The minimum absolute atomic E-state index is 0.0835. The van der Waals surface area contributed by atoms with Gasteiger partial charge in [0, 0.05) is 21.5 Å². The number of benzene rings is 4. The predicted octanol–water partition coefficient (Wildman–Crippen LogP) is 9.96. The minimum Gasteiger partial charge on any atom is -0.244 e. The lowest BCUT2D eigenvalue weighted by Gasteiger charge is -2.22. The first-order valence-corrected chi connectivity index (χ1v) is 14.8. The first kappa shape index (κ1) is 26.5. The van der Waals surface area contributed by atoms with E-state index in [2.05, 4.69) is 104 Å². The Morgan fingerprint density at radius 2 is 0.643 bits per heavy atom. The molecule has 0 aliphatic heterocycles. The predicted molar refractivity (Wildman–Crippen MR) is 178 cm³/mol. The molecule has 7 rings (SSSR count). The molecule has 0 saturated carbocycles. The summed E-state index contributed by atoms with van der Waals surface area (Å²) in [7, 11) is 0. The van der Waals surface area contributed by atoms with Crippen LogP contribution in [-0.4, -0.2) is 19.9 Å². The number of hydrogen-bond acceptors (Lipinski definition) is 4. The van der Waals surface area contributed by atoms with E-state index >= 15 is 0 Å². The molecule has 4 nitrogen and oxygen atoms in total. The van der Waals surface area contributed by atoms with Gasteiger partial charge >= 0.3 is 0 Å². The van der Waals surface area contributed by atoms with Crippen molar-refractivity contribution < 1.29 is 0 Å². The Morgan fingerprint density at radius 3 is 0.857 bits per heavy atom. The number of rotatable bonds is 0. The maximum atomic E-state index is 5.34. The summed E-state index contributed by atoms with van der Waals surface area (Å²) in [4.78, 5) is 21.4. The highest BCUT2D eigenvalue weighted by Gasteiger charge is 2.22. The fourth-order valence-electron chi connectivity index (χ4n) is 6.03. The van der Waals surface area contributed by atoms with Gasteiger partial charge < -0.3 is 0 Å². The highest BCUT2D eigenvalue weighted by atomic mass is 14.8. The number of aryl methyl sites for hydroxylation is 2.